The fraction of sp³-hybridized carbons (Fsp3) is 0.200. The maximum Gasteiger partial charge on any atom is -0.00740 e. The molecule has 0 saturated heterocycles. The van der Waals surface area contributed by atoms with E-state index in [0.29, 0.717) is 0 Å². The number of hydrogen-bond acceptors (Lipinski definition) is 0. The molecule has 0 aromatic heterocycles. The third kappa shape index (κ3) is 1.14. The molecule has 0 nitrogen and oxygen atoms in total. The summed E-state index contributed by atoms with van der Waals surface area (Å²) in [6.45, 7) is 6.35. The maximum absolute atomic E-state index is 4.17. The van der Waals surface area contributed by atoms with Gasteiger partial charge in [0.05, 0.1) is 0 Å². The van der Waals surface area contributed by atoms with E-state index in [1.165, 1.54) is 33.0 Å². The lowest BCUT2D eigenvalue weighted by molar-refractivity contribution is 1.01. The van der Waals surface area contributed by atoms with Crippen LogP contribution >= 0.6 is 0 Å². The van der Waals surface area contributed by atoms with Crippen molar-refractivity contribution in [3.8, 4) is 0 Å². The van der Waals surface area contributed by atoms with Crippen molar-refractivity contribution in [3.05, 3.63) is 53.6 Å². The van der Waals surface area contributed by atoms with Crippen molar-refractivity contribution in [3.63, 3.8) is 0 Å². The largest absolute Gasteiger partial charge is 0.0952 e. The van der Waals surface area contributed by atoms with Crippen molar-refractivity contribution < 1.29 is 0 Å². The zero-order valence-electron chi connectivity index (χ0n) is 9.01. The molecule has 0 radical (unpaired) electrons. The molecule has 0 saturated carbocycles. The van der Waals surface area contributed by atoms with Gasteiger partial charge in [0.1, 0.15) is 0 Å². The van der Waals surface area contributed by atoms with Crippen LogP contribution in [-0.2, 0) is 6.42 Å². The molecule has 0 amide bonds. The van der Waals surface area contributed by atoms with Gasteiger partial charge in [-0.25, -0.2) is 0 Å². The molecule has 74 valence electrons. The van der Waals surface area contributed by atoms with Gasteiger partial charge in [-0.15, -0.1) is 0 Å². The molecule has 0 heteroatoms. The van der Waals surface area contributed by atoms with Crippen LogP contribution < -0.4 is 0 Å². The number of aryl methyl sites for hydroxylation is 2. The van der Waals surface area contributed by atoms with Crippen molar-refractivity contribution in [2.45, 2.75) is 19.8 Å². The highest BCUT2D eigenvalue weighted by Gasteiger charge is 2.15. The Morgan fingerprint density at radius 3 is 2.80 bits per heavy atom. The van der Waals surface area contributed by atoms with Gasteiger partial charge in [0, 0.05) is 0 Å². The van der Waals surface area contributed by atoms with Gasteiger partial charge in [-0.05, 0) is 52.8 Å². The molecular formula is C15H14. The maximum atomic E-state index is 4.17. The molecule has 3 rings (SSSR count). The zero-order valence-corrected chi connectivity index (χ0v) is 9.01. The molecule has 2 aromatic rings. The highest BCUT2D eigenvalue weighted by atomic mass is 14.2. The standard InChI is InChI=1S/C15H14/c1-10-6-8-12-9-7-11(2)14-5-3-4-13(10)15(12)14/h3-5,7,9H,1,6,8H2,2H3. The van der Waals surface area contributed by atoms with Crippen LogP contribution in [0.5, 0.6) is 0 Å². The summed E-state index contributed by atoms with van der Waals surface area (Å²) in [5.41, 5.74) is 5.50. The summed E-state index contributed by atoms with van der Waals surface area (Å²) in [6, 6.07) is 11.1. The summed E-state index contributed by atoms with van der Waals surface area (Å²) in [5.74, 6) is 0. The minimum Gasteiger partial charge on any atom is -0.0952 e. The average Bonchev–Trinajstić information content (AvgIpc) is 2.27. The summed E-state index contributed by atoms with van der Waals surface area (Å²) in [5, 5.41) is 2.83. The Morgan fingerprint density at radius 2 is 1.93 bits per heavy atom. The van der Waals surface area contributed by atoms with Crippen LogP contribution in [0.3, 0.4) is 0 Å². The van der Waals surface area contributed by atoms with Crippen LogP contribution in [0.2, 0.25) is 0 Å². The molecule has 0 heterocycles. The van der Waals surface area contributed by atoms with E-state index >= 15 is 0 Å². The molecule has 15 heavy (non-hydrogen) atoms. The number of rotatable bonds is 0. The molecular weight excluding hydrogens is 180 g/mol. The van der Waals surface area contributed by atoms with Crippen molar-refractivity contribution in [1.82, 2.24) is 0 Å². The predicted molar refractivity (Wildman–Crippen MR) is 66.0 cm³/mol. The van der Waals surface area contributed by atoms with Crippen LogP contribution in [0.25, 0.3) is 16.3 Å². The molecule has 2 aromatic carbocycles. The van der Waals surface area contributed by atoms with E-state index in [9.17, 15) is 0 Å². The number of hydrogen-bond donors (Lipinski definition) is 0. The van der Waals surface area contributed by atoms with E-state index in [-0.39, 0.29) is 0 Å². The summed E-state index contributed by atoms with van der Waals surface area (Å²) in [7, 11) is 0. The molecule has 0 spiro atoms. The van der Waals surface area contributed by atoms with E-state index in [0.717, 1.165) is 12.8 Å². The Hall–Kier alpha value is -1.56. The third-order valence-corrected chi connectivity index (χ3v) is 3.42. The van der Waals surface area contributed by atoms with E-state index < -0.39 is 0 Å². The Labute approximate surface area is 90.2 Å². The van der Waals surface area contributed by atoms with Gasteiger partial charge in [0.2, 0.25) is 0 Å². The van der Waals surface area contributed by atoms with E-state index in [1.54, 1.807) is 0 Å². The highest BCUT2D eigenvalue weighted by Crippen LogP contribution is 2.36. The second kappa shape index (κ2) is 2.96. The normalized spacial score (nSPS) is 14.6. The Kier molecular flexibility index (Phi) is 1.72. The lowest BCUT2D eigenvalue weighted by atomic mass is 9.85. The van der Waals surface area contributed by atoms with E-state index in [1.807, 2.05) is 0 Å². The second-order valence-corrected chi connectivity index (χ2v) is 4.37. The fourth-order valence-electron chi connectivity index (χ4n) is 2.55. The molecule has 1 aliphatic carbocycles. The van der Waals surface area contributed by atoms with Crippen LogP contribution in [0.15, 0.2) is 36.9 Å². The summed E-state index contributed by atoms with van der Waals surface area (Å²) < 4.78 is 0. The highest BCUT2D eigenvalue weighted by molar-refractivity contribution is 5.99. The third-order valence-electron chi connectivity index (χ3n) is 3.42. The molecule has 0 N–H and O–H groups in total. The lowest BCUT2D eigenvalue weighted by Gasteiger charge is -2.20. The first kappa shape index (κ1) is 8.72. The predicted octanol–water partition coefficient (Wildman–Crippen LogP) is 4.11. The van der Waals surface area contributed by atoms with Gasteiger partial charge in [-0.3, -0.25) is 0 Å². The summed E-state index contributed by atoms with van der Waals surface area (Å²) in [6.07, 6.45) is 2.25. The zero-order chi connectivity index (χ0) is 10.4. The van der Waals surface area contributed by atoms with Crippen LogP contribution in [0.4, 0.5) is 0 Å². The van der Waals surface area contributed by atoms with E-state index in [2.05, 4.69) is 43.8 Å². The van der Waals surface area contributed by atoms with Crippen LogP contribution in [-0.4, -0.2) is 0 Å². The quantitative estimate of drug-likeness (QED) is 0.592. The monoisotopic (exact) mass is 194 g/mol. The Morgan fingerprint density at radius 1 is 1.07 bits per heavy atom. The smallest absolute Gasteiger partial charge is 0.00740 e. The first-order chi connectivity index (χ1) is 7.27. The van der Waals surface area contributed by atoms with Crippen molar-refractivity contribution in [2.75, 3.05) is 0 Å². The Bertz CT molecular complexity index is 562. The first-order valence-corrected chi connectivity index (χ1v) is 5.47. The van der Waals surface area contributed by atoms with Crippen LogP contribution in [0, 0.1) is 6.92 Å². The van der Waals surface area contributed by atoms with Crippen molar-refractivity contribution in [2.24, 2.45) is 0 Å². The molecule has 0 unspecified atom stereocenters. The van der Waals surface area contributed by atoms with Gasteiger partial charge < -0.3 is 0 Å². The minimum absolute atomic E-state index is 1.11. The minimum atomic E-state index is 1.11. The van der Waals surface area contributed by atoms with Gasteiger partial charge in [-0.2, -0.15) is 0 Å². The first-order valence-electron chi connectivity index (χ1n) is 5.47. The number of benzene rings is 2. The Balaban J connectivity index is 2.53. The van der Waals surface area contributed by atoms with E-state index in [4.69, 9.17) is 0 Å². The molecule has 0 aliphatic heterocycles. The second-order valence-electron chi connectivity index (χ2n) is 4.37. The van der Waals surface area contributed by atoms with Gasteiger partial charge in [0.15, 0.2) is 0 Å². The molecule has 1 aliphatic rings. The molecule has 0 bridgehead atoms. The van der Waals surface area contributed by atoms with Crippen molar-refractivity contribution in [1.29, 1.82) is 0 Å². The van der Waals surface area contributed by atoms with Crippen molar-refractivity contribution >= 4 is 16.3 Å². The molecule has 0 fully saturated rings. The van der Waals surface area contributed by atoms with Crippen LogP contribution in [0.1, 0.15) is 23.1 Å². The van der Waals surface area contributed by atoms with Gasteiger partial charge in [0.25, 0.3) is 0 Å². The SMILES string of the molecule is C=C1CCc2ccc(C)c3cccc1c23. The molecule has 0 atom stereocenters. The average molecular weight is 194 g/mol. The number of allylic oxidation sites excluding steroid dienone is 1. The topological polar surface area (TPSA) is 0 Å². The summed E-state index contributed by atoms with van der Waals surface area (Å²) >= 11 is 0. The van der Waals surface area contributed by atoms with Gasteiger partial charge >= 0.3 is 0 Å². The van der Waals surface area contributed by atoms with Gasteiger partial charge in [-0.1, -0.05) is 36.9 Å². The summed E-state index contributed by atoms with van der Waals surface area (Å²) in [4.78, 5) is 0. The lowest BCUT2D eigenvalue weighted by Crippen LogP contribution is -2.00. The fourth-order valence-corrected chi connectivity index (χ4v) is 2.55.